The molecule has 0 saturated heterocycles. The Morgan fingerprint density at radius 2 is 2.00 bits per heavy atom. The number of rotatable bonds is 7. The quantitative estimate of drug-likeness (QED) is 0.676. The van der Waals surface area contributed by atoms with E-state index in [4.69, 9.17) is 10.5 Å². The van der Waals surface area contributed by atoms with Crippen molar-refractivity contribution in [1.29, 1.82) is 0 Å². The maximum Gasteiger partial charge on any atom is 0.0593 e. The molecule has 1 aliphatic carbocycles. The summed E-state index contributed by atoms with van der Waals surface area (Å²) in [6.45, 7) is 5.47. The third-order valence-electron chi connectivity index (χ3n) is 3.79. The molecule has 0 bridgehead atoms. The Balaban J connectivity index is 2.32. The van der Waals surface area contributed by atoms with Crippen LogP contribution in [0.5, 0.6) is 0 Å². The largest absolute Gasteiger partial charge is 0.380 e. The molecule has 3 heteroatoms. The lowest BCUT2D eigenvalue weighted by molar-refractivity contribution is 0.0854. The molecule has 0 heterocycles. The summed E-state index contributed by atoms with van der Waals surface area (Å²) in [6, 6.07) is 0.556. The first-order chi connectivity index (χ1) is 7.79. The normalized spacial score (nSPS) is 20.2. The van der Waals surface area contributed by atoms with E-state index in [1.54, 1.807) is 0 Å². The molecule has 1 aliphatic rings. The number of ether oxygens (including phenoxy) is 1. The lowest BCUT2D eigenvalue weighted by Gasteiger charge is -2.36. The highest BCUT2D eigenvalue weighted by molar-refractivity contribution is 4.81. The fraction of sp³-hybridized carbons (Fsp3) is 1.00. The molecule has 0 radical (unpaired) electrons. The monoisotopic (exact) mass is 228 g/mol. The molecule has 3 nitrogen and oxygen atoms in total. The van der Waals surface area contributed by atoms with Crippen molar-refractivity contribution >= 4 is 0 Å². The highest BCUT2D eigenvalue weighted by Gasteiger charge is 2.25. The van der Waals surface area contributed by atoms with Gasteiger partial charge in [0.15, 0.2) is 0 Å². The van der Waals surface area contributed by atoms with Crippen molar-refractivity contribution in [3.63, 3.8) is 0 Å². The Hall–Kier alpha value is -0.120. The van der Waals surface area contributed by atoms with Gasteiger partial charge in [0.25, 0.3) is 0 Å². The predicted molar refractivity (Wildman–Crippen MR) is 68.5 cm³/mol. The van der Waals surface area contributed by atoms with Gasteiger partial charge in [0, 0.05) is 25.7 Å². The Labute approximate surface area is 100 Å². The average molecular weight is 228 g/mol. The standard InChI is InChI=1S/C13H28N2O/c1-3-16-10-9-15(2)13(11-14)12-7-5-4-6-8-12/h12-13H,3-11,14H2,1-2H3. The number of hydrogen-bond donors (Lipinski definition) is 1. The zero-order chi connectivity index (χ0) is 11.8. The summed E-state index contributed by atoms with van der Waals surface area (Å²) in [7, 11) is 2.19. The fourth-order valence-electron chi connectivity index (χ4n) is 2.77. The molecule has 96 valence electrons. The van der Waals surface area contributed by atoms with Gasteiger partial charge < -0.3 is 10.5 Å². The second-order valence-corrected chi connectivity index (χ2v) is 4.88. The minimum absolute atomic E-state index is 0.556. The second kappa shape index (κ2) is 8.04. The molecular formula is C13H28N2O. The highest BCUT2D eigenvalue weighted by atomic mass is 16.5. The first-order valence-corrected chi connectivity index (χ1v) is 6.77. The molecular weight excluding hydrogens is 200 g/mol. The zero-order valence-electron chi connectivity index (χ0n) is 11.0. The zero-order valence-corrected chi connectivity index (χ0v) is 11.0. The van der Waals surface area contributed by atoms with Gasteiger partial charge in [-0.2, -0.15) is 0 Å². The minimum Gasteiger partial charge on any atom is -0.380 e. The van der Waals surface area contributed by atoms with E-state index in [2.05, 4.69) is 11.9 Å². The summed E-state index contributed by atoms with van der Waals surface area (Å²) < 4.78 is 5.40. The Morgan fingerprint density at radius 1 is 1.31 bits per heavy atom. The topological polar surface area (TPSA) is 38.5 Å². The SMILES string of the molecule is CCOCCN(C)C(CN)C1CCCCC1. The van der Waals surface area contributed by atoms with Gasteiger partial charge in [-0.05, 0) is 32.7 Å². The fourth-order valence-corrected chi connectivity index (χ4v) is 2.77. The van der Waals surface area contributed by atoms with Crippen LogP contribution in [-0.2, 0) is 4.74 Å². The molecule has 0 aromatic rings. The third-order valence-corrected chi connectivity index (χ3v) is 3.79. The van der Waals surface area contributed by atoms with Crippen molar-refractivity contribution in [2.45, 2.75) is 45.1 Å². The van der Waals surface area contributed by atoms with E-state index < -0.39 is 0 Å². The molecule has 0 spiro atoms. The van der Waals surface area contributed by atoms with Crippen LogP contribution in [-0.4, -0.2) is 44.3 Å². The number of likely N-dealkylation sites (N-methyl/N-ethyl adjacent to an activating group) is 1. The maximum atomic E-state index is 5.93. The lowest BCUT2D eigenvalue weighted by Crippen LogP contribution is -2.45. The van der Waals surface area contributed by atoms with Crippen molar-refractivity contribution < 1.29 is 4.74 Å². The van der Waals surface area contributed by atoms with Crippen LogP contribution in [0.25, 0.3) is 0 Å². The van der Waals surface area contributed by atoms with Crippen molar-refractivity contribution in [2.75, 3.05) is 33.4 Å². The summed E-state index contributed by atoms with van der Waals surface area (Å²) in [5, 5.41) is 0. The summed E-state index contributed by atoms with van der Waals surface area (Å²) >= 11 is 0. The third kappa shape index (κ3) is 4.40. The van der Waals surface area contributed by atoms with Crippen molar-refractivity contribution in [3.8, 4) is 0 Å². The number of nitrogens with two attached hydrogens (primary N) is 1. The smallest absolute Gasteiger partial charge is 0.0593 e. The van der Waals surface area contributed by atoms with Gasteiger partial charge in [0.2, 0.25) is 0 Å². The van der Waals surface area contributed by atoms with Gasteiger partial charge in [-0.25, -0.2) is 0 Å². The van der Waals surface area contributed by atoms with E-state index in [0.717, 1.165) is 32.2 Å². The molecule has 0 amide bonds. The van der Waals surface area contributed by atoms with Crippen LogP contribution in [0.15, 0.2) is 0 Å². The van der Waals surface area contributed by atoms with E-state index in [1.165, 1.54) is 32.1 Å². The van der Waals surface area contributed by atoms with Crippen LogP contribution in [0.2, 0.25) is 0 Å². The number of hydrogen-bond acceptors (Lipinski definition) is 3. The molecule has 1 unspecified atom stereocenters. The lowest BCUT2D eigenvalue weighted by atomic mass is 9.83. The molecule has 1 atom stereocenters. The second-order valence-electron chi connectivity index (χ2n) is 4.88. The van der Waals surface area contributed by atoms with Crippen LogP contribution in [0.3, 0.4) is 0 Å². The van der Waals surface area contributed by atoms with Gasteiger partial charge >= 0.3 is 0 Å². The van der Waals surface area contributed by atoms with Crippen molar-refractivity contribution in [2.24, 2.45) is 11.7 Å². The van der Waals surface area contributed by atoms with Crippen LogP contribution < -0.4 is 5.73 Å². The predicted octanol–water partition coefficient (Wildman–Crippen LogP) is 1.86. The van der Waals surface area contributed by atoms with E-state index >= 15 is 0 Å². The summed E-state index contributed by atoms with van der Waals surface area (Å²) in [5.74, 6) is 0.811. The summed E-state index contributed by atoms with van der Waals surface area (Å²) in [4.78, 5) is 2.39. The van der Waals surface area contributed by atoms with Crippen molar-refractivity contribution in [3.05, 3.63) is 0 Å². The number of nitrogens with zero attached hydrogens (tertiary/aromatic N) is 1. The molecule has 0 aromatic heterocycles. The van der Waals surface area contributed by atoms with Gasteiger partial charge in [-0.15, -0.1) is 0 Å². The van der Waals surface area contributed by atoms with Crippen LogP contribution >= 0.6 is 0 Å². The van der Waals surface area contributed by atoms with Crippen LogP contribution in [0.4, 0.5) is 0 Å². The van der Waals surface area contributed by atoms with Crippen LogP contribution in [0, 0.1) is 5.92 Å². The molecule has 0 aliphatic heterocycles. The van der Waals surface area contributed by atoms with E-state index in [0.29, 0.717) is 6.04 Å². The minimum atomic E-state index is 0.556. The maximum absolute atomic E-state index is 5.93. The first-order valence-electron chi connectivity index (χ1n) is 6.77. The van der Waals surface area contributed by atoms with Gasteiger partial charge in [-0.1, -0.05) is 19.3 Å². The van der Waals surface area contributed by atoms with E-state index in [1.807, 2.05) is 6.92 Å². The van der Waals surface area contributed by atoms with E-state index in [9.17, 15) is 0 Å². The molecule has 2 N–H and O–H groups in total. The molecule has 1 saturated carbocycles. The van der Waals surface area contributed by atoms with Gasteiger partial charge in [0.1, 0.15) is 0 Å². The molecule has 1 rings (SSSR count). The highest BCUT2D eigenvalue weighted by Crippen LogP contribution is 2.28. The summed E-state index contributed by atoms with van der Waals surface area (Å²) in [5.41, 5.74) is 5.93. The summed E-state index contributed by atoms with van der Waals surface area (Å²) in [6.07, 6.45) is 6.92. The first kappa shape index (κ1) is 13.9. The Bertz CT molecular complexity index is 169. The van der Waals surface area contributed by atoms with Crippen LogP contribution in [0.1, 0.15) is 39.0 Å². The van der Waals surface area contributed by atoms with Gasteiger partial charge in [0.05, 0.1) is 6.61 Å². The average Bonchev–Trinajstić information content (AvgIpc) is 2.32. The van der Waals surface area contributed by atoms with Crippen molar-refractivity contribution in [1.82, 2.24) is 4.90 Å². The molecule has 0 aromatic carbocycles. The Kier molecular flexibility index (Phi) is 7.01. The van der Waals surface area contributed by atoms with Gasteiger partial charge in [-0.3, -0.25) is 4.90 Å². The molecule has 16 heavy (non-hydrogen) atoms. The van der Waals surface area contributed by atoms with E-state index in [-0.39, 0.29) is 0 Å². The Morgan fingerprint density at radius 3 is 2.56 bits per heavy atom. The molecule has 1 fully saturated rings.